The highest BCUT2D eigenvalue weighted by Crippen LogP contribution is 2.43. The number of carbonyl (C=O) groups is 2. The molecule has 31 heavy (non-hydrogen) atoms. The Hall–Kier alpha value is -3.80. The molecule has 2 aliphatic rings. The number of fused-ring (bicyclic) bond motifs is 1. The Morgan fingerprint density at radius 3 is 2.58 bits per heavy atom. The molecular weight excluding hydrogens is 394 g/mol. The number of anilines is 1. The summed E-state index contributed by atoms with van der Waals surface area (Å²) >= 11 is 0. The molecule has 6 nitrogen and oxygen atoms in total. The average Bonchev–Trinajstić information content (AvgIpc) is 3.46. The second-order valence-corrected chi connectivity index (χ2v) is 7.98. The molecule has 1 amide bonds. The number of ether oxygens (including phenoxy) is 1. The minimum absolute atomic E-state index is 0.00689. The first kappa shape index (κ1) is 19.2. The molecule has 3 aromatic rings. The summed E-state index contributed by atoms with van der Waals surface area (Å²) < 4.78 is 11.3. The van der Waals surface area contributed by atoms with Crippen molar-refractivity contribution in [2.75, 3.05) is 4.90 Å². The first-order valence-corrected chi connectivity index (χ1v) is 10.1. The van der Waals surface area contributed by atoms with Crippen LogP contribution in [0.5, 0.6) is 5.75 Å². The van der Waals surface area contributed by atoms with E-state index in [0.717, 1.165) is 23.3 Å². The molecular formula is C25H21NO5. The number of Topliss-reactive ketones (excluding diaryl/α,β-unsaturated/α-hetero) is 1. The Morgan fingerprint density at radius 2 is 1.87 bits per heavy atom. The molecule has 2 atom stereocenters. The molecule has 2 aliphatic heterocycles. The van der Waals surface area contributed by atoms with Crippen molar-refractivity contribution in [3.05, 3.63) is 88.9 Å². The van der Waals surface area contributed by atoms with Gasteiger partial charge in [-0.2, -0.15) is 0 Å². The summed E-state index contributed by atoms with van der Waals surface area (Å²) in [7, 11) is 0. The van der Waals surface area contributed by atoms with Crippen LogP contribution >= 0.6 is 0 Å². The fourth-order valence-electron chi connectivity index (χ4n) is 4.25. The van der Waals surface area contributed by atoms with Gasteiger partial charge in [0.2, 0.25) is 0 Å². The number of amides is 1. The number of ketones is 1. The highest BCUT2D eigenvalue weighted by atomic mass is 16.5. The summed E-state index contributed by atoms with van der Waals surface area (Å²) in [5.74, 6) is -0.502. The van der Waals surface area contributed by atoms with Crippen molar-refractivity contribution in [2.45, 2.75) is 32.4 Å². The quantitative estimate of drug-likeness (QED) is 0.386. The number of benzene rings is 2. The zero-order chi connectivity index (χ0) is 21.7. The fraction of sp³-hybridized carbons (Fsp3) is 0.200. The van der Waals surface area contributed by atoms with Crippen molar-refractivity contribution in [1.29, 1.82) is 0 Å². The maximum absolute atomic E-state index is 13.1. The van der Waals surface area contributed by atoms with Crippen LogP contribution in [0.3, 0.4) is 0 Å². The van der Waals surface area contributed by atoms with Crippen LogP contribution in [0.15, 0.2) is 70.9 Å². The Morgan fingerprint density at radius 1 is 1.10 bits per heavy atom. The van der Waals surface area contributed by atoms with Gasteiger partial charge in [0.05, 0.1) is 11.8 Å². The number of rotatable bonds is 3. The zero-order valence-corrected chi connectivity index (χ0v) is 17.2. The van der Waals surface area contributed by atoms with E-state index in [1.807, 2.05) is 32.0 Å². The molecule has 1 saturated heterocycles. The molecule has 0 saturated carbocycles. The molecule has 2 aromatic carbocycles. The Labute approximate surface area is 179 Å². The standard InChI is InChI=1S/C25H21NO5/c1-14-5-8-18(9-6-14)26-22(20-4-3-11-30-20)21(24(28)25(26)29)23(27)16-7-10-19-17(13-16)12-15(2)31-19/h3-11,13,15,22,27H,12H2,1-2H3/b23-21-. The van der Waals surface area contributed by atoms with Crippen molar-refractivity contribution in [3.63, 3.8) is 0 Å². The van der Waals surface area contributed by atoms with Gasteiger partial charge in [0.25, 0.3) is 11.7 Å². The molecule has 0 bridgehead atoms. The van der Waals surface area contributed by atoms with Crippen LogP contribution in [0.2, 0.25) is 0 Å². The summed E-state index contributed by atoms with van der Waals surface area (Å²) in [4.78, 5) is 27.5. The smallest absolute Gasteiger partial charge is 0.300 e. The van der Waals surface area contributed by atoms with E-state index in [-0.39, 0.29) is 17.4 Å². The molecule has 156 valence electrons. The fourth-order valence-corrected chi connectivity index (χ4v) is 4.25. The van der Waals surface area contributed by atoms with E-state index in [4.69, 9.17) is 9.15 Å². The maximum atomic E-state index is 13.1. The molecule has 0 radical (unpaired) electrons. The van der Waals surface area contributed by atoms with E-state index in [0.29, 0.717) is 17.0 Å². The molecule has 1 fully saturated rings. The first-order chi connectivity index (χ1) is 14.9. The number of nitrogens with zero attached hydrogens (tertiary/aromatic N) is 1. The van der Waals surface area contributed by atoms with E-state index >= 15 is 0 Å². The highest BCUT2D eigenvalue weighted by Gasteiger charge is 2.48. The van der Waals surface area contributed by atoms with Crippen molar-refractivity contribution < 1.29 is 23.8 Å². The molecule has 0 spiro atoms. The lowest BCUT2D eigenvalue weighted by atomic mass is 9.97. The molecule has 3 heterocycles. The van der Waals surface area contributed by atoms with Gasteiger partial charge >= 0.3 is 0 Å². The second-order valence-electron chi connectivity index (χ2n) is 7.98. The summed E-state index contributed by atoms with van der Waals surface area (Å²) in [6.45, 7) is 3.92. The van der Waals surface area contributed by atoms with Crippen LogP contribution in [0, 0.1) is 6.92 Å². The largest absolute Gasteiger partial charge is 0.507 e. The minimum Gasteiger partial charge on any atom is -0.507 e. The molecule has 5 rings (SSSR count). The van der Waals surface area contributed by atoms with E-state index in [1.165, 1.54) is 11.2 Å². The number of hydrogen-bond acceptors (Lipinski definition) is 5. The average molecular weight is 415 g/mol. The number of carbonyl (C=O) groups excluding carboxylic acids is 2. The number of hydrogen-bond donors (Lipinski definition) is 1. The van der Waals surface area contributed by atoms with Crippen LogP contribution in [-0.2, 0) is 16.0 Å². The highest BCUT2D eigenvalue weighted by molar-refractivity contribution is 6.51. The van der Waals surface area contributed by atoms with E-state index in [2.05, 4.69) is 0 Å². The van der Waals surface area contributed by atoms with Gasteiger partial charge in [-0.05, 0) is 61.9 Å². The number of furan rings is 1. The number of aryl methyl sites for hydroxylation is 1. The molecule has 6 heteroatoms. The van der Waals surface area contributed by atoms with Crippen molar-refractivity contribution in [2.24, 2.45) is 0 Å². The third-order valence-electron chi connectivity index (χ3n) is 5.74. The Kier molecular flexibility index (Phi) is 4.43. The Balaban J connectivity index is 1.66. The van der Waals surface area contributed by atoms with Gasteiger partial charge in [0.15, 0.2) is 0 Å². The summed E-state index contributed by atoms with van der Waals surface area (Å²) in [5, 5.41) is 11.2. The molecule has 1 aromatic heterocycles. The third-order valence-corrected chi connectivity index (χ3v) is 5.74. The Bertz CT molecular complexity index is 1210. The zero-order valence-electron chi connectivity index (χ0n) is 17.2. The predicted molar refractivity (Wildman–Crippen MR) is 115 cm³/mol. The number of aliphatic hydroxyl groups is 1. The lowest BCUT2D eigenvalue weighted by molar-refractivity contribution is -0.132. The molecule has 0 aliphatic carbocycles. The minimum atomic E-state index is -0.860. The first-order valence-electron chi connectivity index (χ1n) is 10.1. The molecule has 2 unspecified atom stereocenters. The van der Waals surface area contributed by atoms with E-state index in [9.17, 15) is 14.7 Å². The third kappa shape index (κ3) is 3.11. The second kappa shape index (κ2) is 7.16. The van der Waals surface area contributed by atoms with Crippen LogP contribution in [0.4, 0.5) is 5.69 Å². The van der Waals surface area contributed by atoms with Gasteiger partial charge in [-0.1, -0.05) is 17.7 Å². The SMILES string of the molecule is Cc1ccc(N2C(=O)C(=O)/C(=C(\O)c3ccc4c(c3)CC(C)O4)C2c2ccco2)cc1. The van der Waals surface area contributed by atoms with Gasteiger partial charge in [-0.15, -0.1) is 0 Å². The van der Waals surface area contributed by atoms with Crippen LogP contribution in [0.25, 0.3) is 5.76 Å². The van der Waals surface area contributed by atoms with Crippen molar-refractivity contribution in [1.82, 2.24) is 0 Å². The summed E-state index contributed by atoms with van der Waals surface area (Å²) in [6, 6.07) is 15.1. The summed E-state index contributed by atoms with van der Waals surface area (Å²) in [5.41, 5.74) is 3.02. The molecule has 1 N–H and O–H groups in total. The van der Waals surface area contributed by atoms with E-state index < -0.39 is 17.7 Å². The van der Waals surface area contributed by atoms with Gasteiger partial charge in [-0.3, -0.25) is 14.5 Å². The maximum Gasteiger partial charge on any atom is 0.300 e. The lowest BCUT2D eigenvalue weighted by Gasteiger charge is -2.23. The van der Waals surface area contributed by atoms with Gasteiger partial charge in [0, 0.05) is 17.7 Å². The normalized spacial score (nSPS) is 21.9. The topological polar surface area (TPSA) is 80.0 Å². The van der Waals surface area contributed by atoms with Crippen molar-refractivity contribution >= 4 is 23.1 Å². The van der Waals surface area contributed by atoms with Crippen LogP contribution in [0.1, 0.15) is 35.4 Å². The van der Waals surface area contributed by atoms with E-state index in [1.54, 1.807) is 36.4 Å². The van der Waals surface area contributed by atoms with Gasteiger partial charge in [-0.25, -0.2) is 0 Å². The predicted octanol–water partition coefficient (Wildman–Crippen LogP) is 4.54. The van der Waals surface area contributed by atoms with Crippen LogP contribution < -0.4 is 9.64 Å². The van der Waals surface area contributed by atoms with Gasteiger partial charge in [0.1, 0.15) is 29.4 Å². The lowest BCUT2D eigenvalue weighted by Crippen LogP contribution is -2.29. The monoisotopic (exact) mass is 415 g/mol. The van der Waals surface area contributed by atoms with Crippen LogP contribution in [-0.4, -0.2) is 22.9 Å². The number of aliphatic hydroxyl groups excluding tert-OH is 1. The van der Waals surface area contributed by atoms with Gasteiger partial charge < -0.3 is 14.3 Å². The van der Waals surface area contributed by atoms with Crippen molar-refractivity contribution in [3.8, 4) is 5.75 Å². The summed E-state index contributed by atoms with van der Waals surface area (Å²) in [6.07, 6.45) is 2.26.